The lowest BCUT2D eigenvalue weighted by Crippen LogP contribution is -2.48. The first-order valence-corrected chi connectivity index (χ1v) is 8.16. The van der Waals surface area contributed by atoms with Crippen LogP contribution in [0.1, 0.15) is 12.8 Å². The third-order valence-electron chi connectivity index (χ3n) is 4.47. The molecule has 1 aromatic rings. The van der Waals surface area contributed by atoms with E-state index >= 15 is 0 Å². The molecular formula is C17H22N2O5. The number of para-hydroxylation sites is 2. The van der Waals surface area contributed by atoms with Crippen LogP contribution in [0.3, 0.4) is 0 Å². The van der Waals surface area contributed by atoms with E-state index in [4.69, 9.17) is 14.2 Å². The molecule has 0 spiro atoms. The van der Waals surface area contributed by atoms with E-state index in [0.717, 1.165) is 12.8 Å². The molecule has 0 unspecified atom stereocenters. The fourth-order valence-corrected chi connectivity index (χ4v) is 3.13. The van der Waals surface area contributed by atoms with Crippen LogP contribution in [0.5, 0.6) is 11.5 Å². The zero-order chi connectivity index (χ0) is 16.9. The van der Waals surface area contributed by atoms with Crippen molar-refractivity contribution in [1.82, 2.24) is 9.80 Å². The van der Waals surface area contributed by atoms with Gasteiger partial charge in [0.1, 0.15) is 6.61 Å². The summed E-state index contributed by atoms with van der Waals surface area (Å²) in [5, 5.41) is 0. The second kappa shape index (κ2) is 7.42. The quantitative estimate of drug-likeness (QED) is 0.817. The minimum atomic E-state index is -0.237. The average Bonchev–Trinajstić information content (AvgIpc) is 3.06. The molecule has 2 saturated heterocycles. The first-order valence-electron chi connectivity index (χ1n) is 8.16. The molecule has 0 radical (unpaired) electrons. The summed E-state index contributed by atoms with van der Waals surface area (Å²) in [6.07, 6.45) is 1.31. The van der Waals surface area contributed by atoms with Crippen molar-refractivity contribution in [3.8, 4) is 11.5 Å². The molecule has 7 nitrogen and oxygen atoms in total. The number of benzene rings is 1. The molecule has 1 aromatic carbocycles. The van der Waals surface area contributed by atoms with E-state index in [1.807, 2.05) is 12.1 Å². The van der Waals surface area contributed by atoms with E-state index in [0.29, 0.717) is 37.7 Å². The van der Waals surface area contributed by atoms with Gasteiger partial charge in [-0.1, -0.05) is 12.1 Å². The Hall–Kier alpha value is -2.44. The van der Waals surface area contributed by atoms with Crippen LogP contribution in [0, 0.1) is 0 Å². The molecule has 2 aliphatic heterocycles. The highest BCUT2D eigenvalue weighted by molar-refractivity contribution is 5.78. The lowest BCUT2D eigenvalue weighted by atomic mass is 10.0. The van der Waals surface area contributed by atoms with Crippen LogP contribution in [0.4, 0.5) is 4.79 Å². The number of amides is 2. The molecule has 3 rings (SSSR count). The summed E-state index contributed by atoms with van der Waals surface area (Å²) < 4.78 is 15.8. The van der Waals surface area contributed by atoms with Crippen molar-refractivity contribution in [2.75, 3.05) is 40.0 Å². The Kier molecular flexibility index (Phi) is 5.08. The number of nitrogens with zero attached hydrogens (tertiary/aromatic N) is 2. The number of cyclic esters (lactones) is 1. The predicted octanol–water partition coefficient (Wildman–Crippen LogP) is 1.52. The van der Waals surface area contributed by atoms with Crippen molar-refractivity contribution in [1.29, 1.82) is 0 Å². The fourth-order valence-electron chi connectivity index (χ4n) is 3.13. The summed E-state index contributed by atoms with van der Waals surface area (Å²) in [4.78, 5) is 27.5. The number of likely N-dealkylation sites (tertiary alicyclic amines) is 1. The highest BCUT2D eigenvalue weighted by atomic mass is 16.6. The fraction of sp³-hybridized carbons (Fsp3) is 0.529. The Bertz CT molecular complexity index is 598. The summed E-state index contributed by atoms with van der Waals surface area (Å²) >= 11 is 0. The van der Waals surface area contributed by atoms with Gasteiger partial charge in [0.25, 0.3) is 5.91 Å². The number of hydrogen-bond donors (Lipinski definition) is 0. The van der Waals surface area contributed by atoms with Crippen LogP contribution in [0.25, 0.3) is 0 Å². The van der Waals surface area contributed by atoms with Gasteiger partial charge in [-0.3, -0.25) is 4.79 Å². The molecule has 130 valence electrons. The maximum atomic E-state index is 12.3. The SMILES string of the molecule is COc1ccccc1OCC(=O)N1CCC(N2CCOC2=O)CC1. The third-order valence-corrected chi connectivity index (χ3v) is 4.47. The molecule has 7 heteroatoms. The van der Waals surface area contributed by atoms with Crippen LogP contribution in [0.2, 0.25) is 0 Å². The highest BCUT2D eigenvalue weighted by Gasteiger charge is 2.33. The van der Waals surface area contributed by atoms with Gasteiger partial charge in [-0.15, -0.1) is 0 Å². The Morgan fingerprint density at radius 1 is 1.21 bits per heavy atom. The molecule has 2 heterocycles. The molecule has 24 heavy (non-hydrogen) atoms. The van der Waals surface area contributed by atoms with Gasteiger partial charge in [-0.05, 0) is 25.0 Å². The number of ether oxygens (including phenoxy) is 3. The predicted molar refractivity (Wildman–Crippen MR) is 86.1 cm³/mol. The highest BCUT2D eigenvalue weighted by Crippen LogP contribution is 2.26. The standard InChI is InChI=1S/C17H22N2O5/c1-22-14-4-2-3-5-15(14)24-12-16(20)18-8-6-13(7-9-18)19-10-11-23-17(19)21/h2-5,13H,6-12H2,1H3. The van der Waals surface area contributed by atoms with Crippen LogP contribution < -0.4 is 9.47 Å². The Balaban J connectivity index is 1.48. The molecule has 0 atom stereocenters. The lowest BCUT2D eigenvalue weighted by Gasteiger charge is -2.35. The van der Waals surface area contributed by atoms with Crippen molar-refractivity contribution in [2.45, 2.75) is 18.9 Å². The molecule has 0 N–H and O–H groups in total. The van der Waals surface area contributed by atoms with Crippen molar-refractivity contribution < 1.29 is 23.8 Å². The first-order chi connectivity index (χ1) is 11.7. The van der Waals surface area contributed by atoms with Crippen molar-refractivity contribution >= 4 is 12.0 Å². The smallest absolute Gasteiger partial charge is 0.410 e. The number of hydrogen-bond acceptors (Lipinski definition) is 5. The number of rotatable bonds is 5. The van der Waals surface area contributed by atoms with Gasteiger partial charge in [0.15, 0.2) is 18.1 Å². The zero-order valence-corrected chi connectivity index (χ0v) is 13.8. The largest absolute Gasteiger partial charge is 0.493 e. The number of methoxy groups -OCH3 is 1. The van der Waals surface area contributed by atoms with E-state index in [9.17, 15) is 9.59 Å². The van der Waals surface area contributed by atoms with Gasteiger partial charge in [-0.2, -0.15) is 0 Å². The van der Waals surface area contributed by atoms with E-state index in [1.165, 1.54) is 0 Å². The van der Waals surface area contributed by atoms with Gasteiger partial charge in [0.2, 0.25) is 0 Å². The minimum Gasteiger partial charge on any atom is -0.493 e. The number of piperidine rings is 1. The normalized spacial score (nSPS) is 18.5. The second-order valence-corrected chi connectivity index (χ2v) is 5.86. The second-order valence-electron chi connectivity index (χ2n) is 5.86. The molecule has 0 bridgehead atoms. The molecule has 2 amide bonds. The van der Waals surface area contributed by atoms with E-state index in [2.05, 4.69) is 0 Å². The summed E-state index contributed by atoms with van der Waals surface area (Å²) in [5.74, 6) is 1.11. The Labute approximate surface area is 141 Å². The number of carbonyl (C=O) groups is 2. The maximum Gasteiger partial charge on any atom is 0.410 e. The van der Waals surface area contributed by atoms with E-state index in [-0.39, 0.29) is 24.6 Å². The Morgan fingerprint density at radius 3 is 2.54 bits per heavy atom. The summed E-state index contributed by atoms with van der Waals surface area (Å²) in [7, 11) is 1.57. The van der Waals surface area contributed by atoms with Crippen molar-refractivity contribution in [3.63, 3.8) is 0 Å². The topological polar surface area (TPSA) is 68.3 Å². The lowest BCUT2D eigenvalue weighted by molar-refractivity contribution is -0.134. The third kappa shape index (κ3) is 3.55. The summed E-state index contributed by atoms with van der Waals surface area (Å²) in [6, 6.07) is 7.42. The van der Waals surface area contributed by atoms with Crippen molar-refractivity contribution in [3.05, 3.63) is 24.3 Å². The van der Waals surface area contributed by atoms with Crippen LogP contribution in [-0.4, -0.2) is 67.8 Å². The van der Waals surface area contributed by atoms with E-state index in [1.54, 1.807) is 29.0 Å². The maximum absolute atomic E-state index is 12.3. The van der Waals surface area contributed by atoms with Gasteiger partial charge in [0.05, 0.1) is 13.7 Å². The van der Waals surface area contributed by atoms with E-state index < -0.39 is 0 Å². The molecule has 0 saturated carbocycles. The Morgan fingerprint density at radius 2 is 1.92 bits per heavy atom. The van der Waals surface area contributed by atoms with Gasteiger partial charge >= 0.3 is 6.09 Å². The van der Waals surface area contributed by atoms with Gasteiger partial charge in [0, 0.05) is 19.1 Å². The zero-order valence-electron chi connectivity index (χ0n) is 13.8. The van der Waals surface area contributed by atoms with Crippen molar-refractivity contribution in [2.24, 2.45) is 0 Å². The molecule has 2 fully saturated rings. The van der Waals surface area contributed by atoms with Crippen LogP contribution in [0.15, 0.2) is 24.3 Å². The summed E-state index contributed by atoms with van der Waals surface area (Å²) in [6.45, 7) is 2.35. The van der Waals surface area contributed by atoms with Gasteiger partial charge < -0.3 is 24.0 Å². The van der Waals surface area contributed by atoms with Gasteiger partial charge in [-0.25, -0.2) is 4.79 Å². The summed E-state index contributed by atoms with van der Waals surface area (Å²) in [5.41, 5.74) is 0. The number of carbonyl (C=O) groups excluding carboxylic acids is 2. The molecule has 0 aromatic heterocycles. The van der Waals surface area contributed by atoms with Crippen LogP contribution >= 0.6 is 0 Å². The van der Waals surface area contributed by atoms with Crippen LogP contribution in [-0.2, 0) is 9.53 Å². The molecular weight excluding hydrogens is 312 g/mol. The average molecular weight is 334 g/mol. The molecule has 0 aliphatic carbocycles. The monoisotopic (exact) mass is 334 g/mol. The minimum absolute atomic E-state index is 0.0171. The first kappa shape index (κ1) is 16.4. The molecule has 2 aliphatic rings.